The maximum absolute atomic E-state index is 11.8. The van der Waals surface area contributed by atoms with E-state index in [4.69, 9.17) is 11.6 Å². The lowest BCUT2D eigenvalue weighted by molar-refractivity contribution is -0.116. The SMILES string of the molecule is CC(C)CC(=O)Nc1cccc(CNc2ccnc(Cl)c2)c1. The van der Waals surface area contributed by atoms with Crippen LogP contribution in [0.2, 0.25) is 5.15 Å². The molecule has 2 rings (SSSR count). The molecule has 5 heteroatoms. The normalized spacial score (nSPS) is 10.5. The minimum Gasteiger partial charge on any atom is -0.381 e. The standard InChI is InChI=1S/C17H20ClN3O/c1-12(2)8-17(22)21-15-5-3-4-13(9-15)11-20-14-6-7-19-16(18)10-14/h3-7,9-10,12H,8,11H2,1-2H3,(H,19,20)(H,21,22). The zero-order valence-electron chi connectivity index (χ0n) is 12.8. The van der Waals surface area contributed by atoms with E-state index in [1.807, 2.05) is 44.2 Å². The first-order valence-corrected chi connectivity index (χ1v) is 7.65. The monoisotopic (exact) mass is 317 g/mol. The van der Waals surface area contributed by atoms with Crippen molar-refractivity contribution in [1.82, 2.24) is 4.98 Å². The Hall–Kier alpha value is -2.07. The summed E-state index contributed by atoms with van der Waals surface area (Å²) >= 11 is 5.85. The minimum atomic E-state index is 0.0426. The molecule has 0 aliphatic carbocycles. The van der Waals surface area contributed by atoms with E-state index >= 15 is 0 Å². The molecule has 22 heavy (non-hydrogen) atoms. The van der Waals surface area contributed by atoms with Crippen LogP contribution in [0.5, 0.6) is 0 Å². The molecule has 0 atom stereocenters. The van der Waals surface area contributed by atoms with Gasteiger partial charge in [-0.2, -0.15) is 0 Å². The van der Waals surface area contributed by atoms with Gasteiger partial charge in [-0.25, -0.2) is 4.98 Å². The van der Waals surface area contributed by atoms with E-state index in [0.717, 1.165) is 16.9 Å². The van der Waals surface area contributed by atoms with Gasteiger partial charge < -0.3 is 10.6 Å². The third-order valence-corrected chi connectivity index (χ3v) is 3.23. The van der Waals surface area contributed by atoms with Gasteiger partial charge in [-0.05, 0) is 35.7 Å². The van der Waals surface area contributed by atoms with Crippen molar-refractivity contribution in [3.05, 3.63) is 53.3 Å². The Kier molecular flexibility index (Phi) is 5.78. The molecule has 1 aromatic heterocycles. The summed E-state index contributed by atoms with van der Waals surface area (Å²) in [6, 6.07) is 11.4. The van der Waals surface area contributed by atoms with E-state index in [9.17, 15) is 4.79 Å². The van der Waals surface area contributed by atoms with Crippen LogP contribution in [-0.2, 0) is 11.3 Å². The zero-order valence-corrected chi connectivity index (χ0v) is 13.5. The number of halogens is 1. The van der Waals surface area contributed by atoms with Gasteiger partial charge in [-0.3, -0.25) is 4.79 Å². The second kappa shape index (κ2) is 7.80. The van der Waals surface area contributed by atoms with Crippen molar-refractivity contribution in [2.24, 2.45) is 5.92 Å². The van der Waals surface area contributed by atoms with Crippen LogP contribution in [0, 0.1) is 5.92 Å². The number of carbonyl (C=O) groups excluding carboxylic acids is 1. The molecule has 0 bridgehead atoms. The molecule has 0 saturated carbocycles. The molecular weight excluding hydrogens is 298 g/mol. The minimum absolute atomic E-state index is 0.0426. The predicted octanol–water partition coefficient (Wildman–Crippen LogP) is 4.33. The van der Waals surface area contributed by atoms with Crippen LogP contribution < -0.4 is 10.6 Å². The molecule has 0 radical (unpaired) electrons. The van der Waals surface area contributed by atoms with Crippen LogP contribution in [0.1, 0.15) is 25.8 Å². The van der Waals surface area contributed by atoms with E-state index in [2.05, 4.69) is 15.6 Å². The smallest absolute Gasteiger partial charge is 0.224 e. The fourth-order valence-corrected chi connectivity index (χ4v) is 2.23. The van der Waals surface area contributed by atoms with Gasteiger partial charge in [-0.15, -0.1) is 0 Å². The molecule has 0 spiro atoms. The summed E-state index contributed by atoms with van der Waals surface area (Å²) in [5, 5.41) is 6.66. The third-order valence-electron chi connectivity index (χ3n) is 3.03. The molecule has 2 N–H and O–H groups in total. The van der Waals surface area contributed by atoms with Gasteiger partial charge in [-0.1, -0.05) is 37.6 Å². The molecule has 1 heterocycles. The number of anilines is 2. The van der Waals surface area contributed by atoms with Crippen LogP contribution in [0.4, 0.5) is 11.4 Å². The lowest BCUT2D eigenvalue weighted by atomic mass is 10.1. The fraction of sp³-hybridized carbons (Fsp3) is 0.294. The number of benzene rings is 1. The number of rotatable bonds is 6. The fourth-order valence-electron chi connectivity index (χ4n) is 2.06. The summed E-state index contributed by atoms with van der Waals surface area (Å²) in [4.78, 5) is 15.7. The van der Waals surface area contributed by atoms with Gasteiger partial charge in [0.1, 0.15) is 5.15 Å². The Morgan fingerprint density at radius 3 is 2.77 bits per heavy atom. The predicted molar refractivity (Wildman–Crippen MR) is 91.1 cm³/mol. The lowest BCUT2D eigenvalue weighted by Crippen LogP contribution is -2.14. The van der Waals surface area contributed by atoms with Crippen LogP contribution in [-0.4, -0.2) is 10.9 Å². The van der Waals surface area contributed by atoms with Gasteiger partial charge in [0.25, 0.3) is 0 Å². The van der Waals surface area contributed by atoms with Gasteiger partial charge >= 0.3 is 0 Å². The summed E-state index contributed by atoms with van der Waals surface area (Å²) < 4.78 is 0. The van der Waals surface area contributed by atoms with E-state index in [1.165, 1.54) is 0 Å². The molecule has 4 nitrogen and oxygen atoms in total. The molecule has 116 valence electrons. The van der Waals surface area contributed by atoms with Gasteiger partial charge in [0.05, 0.1) is 0 Å². The Morgan fingerprint density at radius 2 is 2.05 bits per heavy atom. The van der Waals surface area contributed by atoms with Crippen LogP contribution >= 0.6 is 11.6 Å². The first kappa shape index (κ1) is 16.3. The maximum Gasteiger partial charge on any atom is 0.224 e. The first-order valence-electron chi connectivity index (χ1n) is 7.27. The van der Waals surface area contributed by atoms with E-state index in [-0.39, 0.29) is 5.91 Å². The highest BCUT2D eigenvalue weighted by Gasteiger charge is 2.05. The Balaban J connectivity index is 1.95. The van der Waals surface area contributed by atoms with Crippen LogP contribution in [0.15, 0.2) is 42.6 Å². The van der Waals surface area contributed by atoms with Crippen LogP contribution in [0.25, 0.3) is 0 Å². The lowest BCUT2D eigenvalue weighted by Gasteiger charge is -2.10. The summed E-state index contributed by atoms with van der Waals surface area (Å²) in [6.45, 7) is 4.70. The Morgan fingerprint density at radius 1 is 1.23 bits per heavy atom. The summed E-state index contributed by atoms with van der Waals surface area (Å²) in [6.07, 6.45) is 2.19. The molecular formula is C17H20ClN3O. The van der Waals surface area contributed by atoms with E-state index in [1.54, 1.807) is 12.3 Å². The van der Waals surface area contributed by atoms with Gasteiger partial charge in [0.15, 0.2) is 0 Å². The number of aromatic nitrogens is 1. The highest BCUT2D eigenvalue weighted by atomic mass is 35.5. The highest BCUT2D eigenvalue weighted by molar-refractivity contribution is 6.29. The summed E-state index contributed by atoms with van der Waals surface area (Å²) in [5.41, 5.74) is 2.81. The number of hydrogen-bond donors (Lipinski definition) is 2. The van der Waals surface area contributed by atoms with E-state index in [0.29, 0.717) is 24.0 Å². The summed E-state index contributed by atoms with van der Waals surface area (Å²) in [7, 11) is 0. The number of pyridine rings is 1. The summed E-state index contributed by atoms with van der Waals surface area (Å²) in [5.74, 6) is 0.391. The van der Waals surface area contributed by atoms with E-state index < -0.39 is 0 Å². The highest BCUT2D eigenvalue weighted by Crippen LogP contribution is 2.16. The number of carbonyl (C=O) groups is 1. The molecule has 0 aliphatic heterocycles. The van der Waals surface area contributed by atoms with Crippen molar-refractivity contribution in [2.45, 2.75) is 26.8 Å². The molecule has 0 aliphatic rings. The Labute approximate surface area is 135 Å². The largest absolute Gasteiger partial charge is 0.381 e. The van der Waals surface area contributed by atoms with Crippen LogP contribution in [0.3, 0.4) is 0 Å². The Bertz CT molecular complexity index is 643. The quantitative estimate of drug-likeness (QED) is 0.780. The molecule has 1 amide bonds. The van der Waals surface area contributed by atoms with Crippen molar-refractivity contribution < 1.29 is 4.79 Å². The number of nitrogens with zero attached hydrogens (tertiary/aromatic N) is 1. The second-order valence-electron chi connectivity index (χ2n) is 5.57. The zero-order chi connectivity index (χ0) is 15.9. The second-order valence-corrected chi connectivity index (χ2v) is 5.95. The molecule has 0 unspecified atom stereocenters. The molecule has 1 aromatic carbocycles. The van der Waals surface area contributed by atoms with Crippen molar-refractivity contribution in [3.63, 3.8) is 0 Å². The third kappa shape index (κ3) is 5.37. The molecule has 0 saturated heterocycles. The average Bonchev–Trinajstić information content (AvgIpc) is 2.44. The van der Waals surface area contributed by atoms with Gasteiger partial charge in [0.2, 0.25) is 5.91 Å². The van der Waals surface area contributed by atoms with Crippen molar-refractivity contribution in [2.75, 3.05) is 10.6 Å². The molecule has 2 aromatic rings. The first-order chi connectivity index (χ1) is 10.5. The van der Waals surface area contributed by atoms with Crippen molar-refractivity contribution >= 4 is 28.9 Å². The number of amides is 1. The number of nitrogens with one attached hydrogen (secondary N) is 2. The van der Waals surface area contributed by atoms with Gasteiger partial charge in [0, 0.05) is 30.5 Å². The topological polar surface area (TPSA) is 54.0 Å². The van der Waals surface area contributed by atoms with Crippen molar-refractivity contribution in [3.8, 4) is 0 Å². The molecule has 0 fully saturated rings. The average molecular weight is 318 g/mol. The maximum atomic E-state index is 11.8. The number of hydrogen-bond acceptors (Lipinski definition) is 3. The van der Waals surface area contributed by atoms with Crippen molar-refractivity contribution in [1.29, 1.82) is 0 Å².